The van der Waals surface area contributed by atoms with Gasteiger partial charge in [-0.05, 0) is 80.1 Å². The Morgan fingerprint density at radius 1 is 0.805 bits per heavy atom. The fourth-order valence-electron chi connectivity index (χ4n) is 3.38. The number of nitrogens with zero attached hydrogens (tertiary/aromatic N) is 2. The predicted octanol–water partition coefficient (Wildman–Crippen LogP) is 1.35. The number of aliphatic hydroxyl groups is 1. The van der Waals surface area contributed by atoms with Crippen LogP contribution < -0.4 is 27.4 Å². The molecular weight excluding hydrogens is 534 g/mol. The van der Waals surface area contributed by atoms with E-state index in [1.807, 2.05) is 0 Å². The number of alkyl carbamates (subject to hydrolysis) is 1. The van der Waals surface area contributed by atoms with Crippen molar-refractivity contribution in [1.29, 1.82) is 0 Å². The molecule has 0 bridgehead atoms. The number of nitrogens with one attached hydrogen (secondary N) is 3. The van der Waals surface area contributed by atoms with Crippen LogP contribution in [0.1, 0.15) is 86.5 Å². The van der Waals surface area contributed by atoms with Gasteiger partial charge in [0.25, 0.3) is 0 Å². The molecule has 14 nitrogen and oxygen atoms in total. The van der Waals surface area contributed by atoms with Crippen LogP contribution in [0.5, 0.6) is 0 Å². The second kappa shape index (κ2) is 19.7. The molecule has 0 aromatic carbocycles. The zero-order chi connectivity index (χ0) is 31.5. The highest BCUT2D eigenvalue weighted by molar-refractivity contribution is 5.84. The highest BCUT2D eigenvalue weighted by Crippen LogP contribution is 2.11. The summed E-state index contributed by atoms with van der Waals surface area (Å²) >= 11 is 0. The number of aliphatic imine (C=N–C) groups is 1. The third kappa shape index (κ3) is 24.2. The number of hydrogen-bond donors (Lipinski definition) is 6. The van der Waals surface area contributed by atoms with E-state index in [0.717, 1.165) is 0 Å². The number of rotatable bonds is 18. The summed E-state index contributed by atoms with van der Waals surface area (Å²) < 4.78 is 10.7. The average Bonchev–Trinajstić information content (AvgIpc) is 2.81. The summed E-state index contributed by atoms with van der Waals surface area (Å²) in [4.78, 5) is 53.9. The summed E-state index contributed by atoms with van der Waals surface area (Å²) in [6.45, 7) is 12.5. The minimum atomic E-state index is -0.807. The van der Waals surface area contributed by atoms with Gasteiger partial charge in [-0.3, -0.25) is 14.6 Å². The SMILES string of the molecule is CC(C)(C)OC(=O)NCCCN(CCCCNC(=O)CNC(=O)CC(O)CCCCN=C(N)N)C(=O)OC(C)(C)C. The van der Waals surface area contributed by atoms with Crippen molar-refractivity contribution in [2.75, 3.05) is 39.3 Å². The number of unbranched alkanes of at least 4 members (excludes halogenated alkanes) is 2. The van der Waals surface area contributed by atoms with Gasteiger partial charge in [-0.15, -0.1) is 0 Å². The van der Waals surface area contributed by atoms with Crippen molar-refractivity contribution in [3.8, 4) is 0 Å². The Balaban J connectivity index is 4.30. The van der Waals surface area contributed by atoms with Crippen LogP contribution in [0.3, 0.4) is 0 Å². The molecule has 0 radical (unpaired) electrons. The van der Waals surface area contributed by atoms with Gasteiger partial charge < -0.3 is 46.9 Å². The van der Waals surface area contributed by atoms with Gasteiger partial charge >= 0.3 is 12.2 Å². The summed E-state index contributed by atoms with van der Waals surface area (Å²) in [6, 6.07) is 0. The van der Waals surface area contributed by atoms with Crippen LogP contribution in [0.4, 0.5) is 9.59 Å². The van der Waals surface area contributed by atoms with Gasteiger partial charge in [-0.1, -0.05) is 0 Å². The monoisotopic (exact) mass is 587 g/mol. The molecule has 0 saturated heterocycles. The predicted molar refractivity (Wildman–Crippen MR) is 157 cm³/mol. The molecule has 0 spiro atoms. The Labute approximate surface area is 244 Å². The molecule has 0 aromatic rings. The summed E-state index contributed by atoms with van der Waals surface area (Å²) in [5.41, 5.74) is 9.26. The second-order valence-corrected chi connectivity index (χ2v) is 11.7. The molecule has 14 heteroatoms. The maximum absolute atomic E-state index is 12.6. The van der Waals surface area contributed by atoms with E-state index in [4.69, 9.17) is 20.9 Å². The van der Waals surface area contributed by atoms with Crippen molar-refractivity contribution < 1.29 is 33.8 Å². The van der Waals surface area contributed by atoms with Crippen molar-refractivity contribution in [2.45, 2.75) is 104 Å². The normalized spacial score (nSPS) is 12.1. The number of carbonyl (C=O) groups excluding carboxylic acids is 4. The van der Waals surface area contributed by atoms with E-state index in [9.17, 15) is 24.3 Å². The van der Waals surface area contributed by atoms with E-state index in [1.54, 1.807) is 46.4 Å². The largest absolute Gasteiger partial charge is 0.444 e. The van der Waals surface area contributed by atoms with E-state index < -0.39 is 35.4 Å². The second-order valence-electron chi connectivity index (χ2n) is 11.7. The lowest BCUT2D eigenvalue weighted by Crippen LogP contribution is -2.40. The van der Waals surface area contributed by atoms with Crippen LogP contribution >= 0.6 is 0 Å². The number of hydrogen-bond acceptors (Lipinski definition) is 8. The van der Waals surface area contributed by atoms with E-state index in [1.165, 1.54) is 0 Å². The zero-order valence-corrected chi connectivity index (χ0v) is 25.7. The molecule has 238 valence electrons. The summed E-state index contributed by atoms with van der Waals surface area (Å²) in [5, 5.41) is 17.9. The summed E-state index contributed by atoms with van der Waals surface area (Å²) in [5.74, 6) is -0.735. The maximum Gasteiger partial charge on any atom is 0.410 e. The minimum Gasteiger partial charge on any atom is -0.444 e. The van der Waals surface area contributed by atoms with Gasteiger partial charge in [0.2, 0.25) is 11.8 Å². The highest BCUT2D eigenvalue weighted by atomic mass is 16.6. The fourth-order valence-corrected chi connectivity index (χ4v) is 3.38. The first-order valence-corrected chi connectivity index (χ1v) is 14.2. The van der Waals surface area contributed by atoms with Crippen LogP contribution in [0.25, 0.3) is 0 Å². The lowest BCUT2D eigenvalue weighted by molar-refractivity contribution is -0.127. The molecule has 8 N–H and O–H groups in total. The molecular formula is C27H53N7O7. The number of ether oxygens (including phenoxy) is 2. The first-order chi connectivity index (χ1) is 19.0. The standard InChI is InChI=1S/C27H53N7O7/c1-26(2,3)40-24(38)32-15-11-17-34(25(39)41-27(4,5)6)16-10-9-13-30-22(37)19-33-21(36)18-20(35)12-7-8-14-31-23(28)29/h20,35H,7-19H2,1-6H3,(H,30,37)(H,32,38)(H,33,36)(H4,28,29,31). The molecule has 0 aliphatic carbocycles. The number of guanidine groups is 1. The summed E-state index contributed by atoms with van der Waals surface area (Å²) in [7, 11) is 0. The first-order valence-electron chi connectivity index (χ1n) is 14.2. The van der Waals surface area contributed by atoms with Crippen LogP contribution in [-0.2, 0) is 19.1 Å². The topological polar surface area (TPSA) is 211 Å². The van der Waals surface area contributed by atoms with Gasteiger partial charge in [0, 0.05) is 32.7 Å². The Hall–Kier alpha value is -3.29. The number of amides is 4. The lowest BCUT2D eigenvalue weighted by Gasteiger charge is -2.27. The molecule has 0 rings (SSSR count). The van der Waals surface area contributed by atoms with E-state index in [2.05, 4.69) is 20.9 Å². The molecule has 0 aliphatic rings. The van der Waals surface area contributed by atoms with Crippen LogP contribution in [0.2, 0.25) is 0 Å². The molecule has 0 fully saturated rings. The van der Waals surface area contributed by atoms with Crippen molar-refractivity contribution in [2.24, 2.45) is 16.5 Å². The number of nitrogens with two attached hydrogens (primary N) is 2. The lowest BCUT2D eigenvalue weighted by atomic mass is 10.1. The van der Waals surface area contributed by atoms with Crippen molar-refractivity contribution >= 4 is 30.0 Å². The average molecular weight is 588 g/mol. The zero-order valence-electron chi connectivity index (χ0n) is 25.7. The van der Waals surface area contributed by atoms with Crippen molar-refractivity contribution in [1.82, 2.24) is 20.9 Å². The third-order valence-electron chi connectivity index (χ3n) is 5.21. The van der Waals surface area contributed by atoms with Gasteiger partial charge in [-0.25, -0.2) is 9.59 Å². The van der Waals surface area contributed by atoms with Crippen molar-refractivity contribution in [3.05, 3.63) is 0 Å². The first kappa shape index (κ1) is 37.7. The van der Waals surface area contributed by atoms with Crippen LogP contribution in [0.15, 0.2) is 4.99 Å². The minimum absolute atomic E-state index is 0.0209. The molecule has 0 aromatic heterocycles. The summed E-state index contributed by atoms with van der Waals surface area (Å²) in [6.07, 6.45) is 1.66. The van der Waals surface area contributed by atoms with E-state index >= 15 is 0 Å². The molecule has 0 saturated carbocycles. The molecule has 41 heavy (non-hydrogen) atoms. The van der Waals surface area contributed by atoms with Gasteiger partial charge in [0.1, 0.15) is 11.2 Å². The number of carbonyl (C=O) groups is 4. The fraction of sp³-hybridized carbons (Fsp3) is 0.815. The van der Waals surface area contributed by atoms with Crippen LogP contribution in [0, 0.1) is 0 Å². The van der Waals surface area contributed by atoms with E-state index in [-0.39, 0.29) is 24.8 Å². The smallest absolute Gasteiger partial charge is 0.410 e. The molecule has 0 heterocycles. The Morgan fingerprint density at radius 3 is 2.02 bits per heavy atom. The molecule has 4 amide bonds. The van der Waals surface area contributed by atoms with Crippen molar-refractivity contribution in [3.63, 3.8) is 0 Å². The Kier molecular flexibility index (Phi) is 18.1. The van der Waals surface area contributed by atoms with Crippen LogP contribution in [-0.4, -0.2) is 96.5 Å². The quantitative estimate of drug-likeness (QED) is 0.0775. The van der Waals surface area contributed by atoms with Gasteiger partial charge in [0.15, 0.2) is 5.96 Å². The van der Waals surface area contributed by atoms with Gasteiger partial charge in [0.05, 0.1) is 19.1 Å². The van der Waals surface area contributed by atoms with Gasteiger partial charge in [-0.2, -0.15) is 0 Å². The Morgan fingerprint density at radius 2 is 1.41 bits per heavy atom. The highest BCUT2D eigenvalue weighted by Gasteiger charge is 2.22. The Bertz CT molecular complexity index is 835. The number of aliphatic hydroxyl groups excluding tert-OH is 1. The maximum atomic E-state index is 12.6. The molecule has 1 unspecified atom stereocenters. The molecule has 1 atom stereocenters. The third-order valence-corrected chi connectivity index (χ3v) is 5.21. The molecule has 0 aliphatic heterocycles. The van der Waals surface area contributed by atoms with E-state index in [0.29, 0.717) is 71.2 Å².